The number of benzene rings is 3. The summed E-state index contributed by atoms with van der Waals surface area (Å²) in [5.74, 6) is -0.639. The first kappa shape index (κ1) is 25.8. The molecule has 0 saturated heterocycles. The molecule has 9 heteroatoms. The van der Waals surface area contributed by atoms with E-state index >= 15 is 0 Å². The maximum absolute atomic E-state index is 14.1. The highest BCUT2D eigenvalue weighted by Gasteiger charge is 2.37. The number of carbonyl (C=O) groups is 2. The van der Waals surface area contributed by atoms with Crippen LogP contribution < -0.4 is 10.2 Å². The van der Waals surface area contributed by atoms with Crippen molar-refractivity contribution in [2.75, 3.05) is 16.8 Å². The number of aromatic nitrogens is 1. The summed E-state index contributed by atoms with van der Waals surface area (Å²) in [5.41, 5.74) is 3.62. The number of hydrogen-bond donors (Lipinski definition) is 1. The second-order valence-electron chi connectivity index (χ2n) is 9.29. The highest BCUT2D eigenvalue weighted by atomic mass is 35.5. The van der Waals surface area contributed by atoms with E-state index in [0.29, 0.717) is 21.4 Å². The Hall–Kier alpha value is -3.81. The van der Waals surface area contributed by atoms with Gasteiger partial charge >= 0.3 is 6.03 Å². The van der Waals surface area contributed by atoms with E-state index in [-0.39, 0.29) is 24.3 Å². The molecule has 0 aliphatic carbocycles. The van der Waals surface area contributed by atoms with Gasteiger partial charge in [0.05, 0.1) is 27.1 Å². The lowest BCUT2D eigenvalue weighted by Crippen LogP contribution is -2.49. The third-order valence-corrected chi connectivity index (χ3v) is 7.27. The van der Waals surface area contributed by atoms with E-state index in [1.165, 1.54) is 17.0 Å². The first-order valence-electron chi connectivity index (χ1n) is 12.1. The molecule has 4 aromatic rings. The third kappa shape index (κ3) is 4.87. The van der Waals surface area contributed by atoms with Crippen LogP contribution in [0.5, 0.6) is 0 Å². The number of para-hydroxylation sites is 2. The van der Waals surface area contributed by atoms with Crippen LogP contribution in [0.3, 0.4) is 0 Å². The molecule has 3 amide bonds. The van der Waals surface area contributed by atoms with Crippen LogP contribution in [0, 0.1) is 5.82 Å². The maximum atomic E-state index is 14.1. The Morgan fingerprint density at radius 3 is 2.34 bits per heavy atom. The fourth-order valence-corrected chi connectivity index (χ4v) is 5.00. The smallest absolute Gasteiger partial charge is 0.316 e. The molecule has 2 heterocycles. The summed E-state index contributed by atoms with van der Waals surface area (Å²) in [6, 6.07) is 21.2. The molecule has 38 heavy (non-hydrogen) atoms. The average Bonchev–Trinajstić information content (AvgIpc) is 3.39. The van der Waals surface area contributed by atoms with E-state index in [9.17, 15) is 14.0 Å². The first-order chi connectivity index (χ1) is 18.2. The molecule has 0 fully saturated rings. The molecule has 194 valence electrons. The Morgan fingerprint density at radius 2 is 1.66 bits per heavy atom. The van der Waals surface area contributed by atoms with Gasteiger partial charge in [-0.3, -0.25) is 9.69 Å². The van der Waals surface area contributed by atoms with Gasteiger partial charge < -0.3 is 14.8 Å². The molecule has 1 aliphatic heterocycles. The molecule has 0 bridgehead atoms. The zero-order valence-electron chi connectivity index (χ0n) is 20.7. The number of urea groups is 1. The molecule has 0 saturated carbocycles. The number of anilines is 2. The molecule has 1 aromatic heterocycles. The molecular formula is C29H25Cl2FN4O2. The van der Waals surface area contributed by atoms with Gasteiger partial charge in [-0.1, -0.05) is 47.5 Å². The van der Waals surface area contributed by atoms with Crippen molar-refractivity contribution in [1.29, 1.82) is 0 Å². The Bertz CT molecular complexity index is 1500. The number of rotatable bonds is 5. The standard InChI is InChI=1S/C29H25Cl2FN4O2/c1-18(2)35(29(38)33-21-13-14-22(30)23(31)16-21)17-27(37)36-25-7-4-3-6-24(25)34-15-5-8-26(34)28(36)19-9-11-20(32)12-10-19/h3-16,18,28H,17H2,1-2H3,(H,33,38). The fourth-order valence-electron chi connectivity index (χ4n) is 4.70. The highest BCUT2D eigenvalue weighted by molar-refractivity contribution is 6.42. The van der Waals surface area contributed by atoms with Gasteiger partial charge in [0, 0.05) is 17.9 Å². The van der Waals surface area contributed by atoms with Gasteiger partial charge in [-0.25, -0.2) is 9.18 Å². The van der Waals surface area contributed by atoms with Gasteiger partial charge in [-0.05, 0) is 74.0 Å². The van der Waals surface area contributed by atoms with Crippen LogP contribution in [0.25, 0.3) is 5.69 Å². The van der Waals surface area contributed by atoms with Gasteiger partial charge in [-0.2, -0.15) is 0 Å². The molecule has 1 unspecified atom stereocenters. The number of carbonyl (C=O) groups excluding carboxylic acids is 2. The average molecular weight is 551 g/mol. The minimum atomic E-state index is -0.514. The highest BCUT2D eigenvalue weighted by Crippen LogP contribution is 2.42. The summed E-state index contributed by atoms with van der Waals surface area (Å²) in [6.45, 7) is 3.50. The molecule has 0 spiro atoms. The van der Waals surface area contributed by atoms with Crippen molar-refractivity contribution in [2.45, 2.75) is 25.9 Å². The lowest BCUT2D eigenvalue weighted by Gasteiger charge is -2.40. The molecule has 0 radical (unpaired) electrons. The normalized spacial score (nSPS) is 14.2. The van der Waals surface area contributed by atoms with Crippen molar-refractivity contribution in [3.05, 3.63) is 112 Å². The summed E-state index contributed by atoms with van der Waals surface area (Å²) in [6.07, 6.45) is 1.94. The minimum absolute atomic E-state index is 0.183. The molecular weight excluding hydrogens is 526 g/mol. The molecule has 1 N–H and O–H groups in total. The molecule has 1 aliphatic rings. The zero-order chi connectivity index (χ0) is 27.0. The predicted octanol–water partition coefficient (Wildman–Crippen LogP) is 7.30. The molecule has 6 nitrogen and oxygen atoms in total. The van der Waals surface area contributed by atoms with Crippen LogP contribution >= 0.6 is 23.2 Å². The van der Waals surface area contributed by atoms with Crippen LogP contribution in [0.2, 0.25) is 10.0 Å². The van der Waals surface area contributed by atoms with Gasteiger partial charge in [0.25, 0.3) is 0 Å². The fraction of sp³-hybridized carbons (Fsp3) is 0.172. The van der Waals surface area contributed by atoms with Gasteiger partial charge in [0.2, 0.25) is 5.91 Å². The van der Waals surface area contributed by atoms with Crippen molar-refractivity contribution < 1.29 is 14.0 Å². The predicted molar refractivity (Wildman–Crippen MR) is 149 cm³/mol. The van der Waals surface area contributed by atoms with E-state index < -0.39 is 12.1 Å². The van der Waals surface area contributed by atoms with Crippen molar-refractivity contribution in [3.63, 3.8) is 0 Å². The van der Waals surface area contributed by atoms with Crippen LogP contribution in [0.15, 0.2) is 85.1 Å². The summed E-state index contributed by atoms with van der Waals surface area (Å²) in [7, 11) is 0. The number of fused-ring (bicyclic) bond motifs is 3. The largest absolute Gasteiger partial charge is 0.322 e. The van der Waals surface area contributed by atoms with Crippen LogP contribution in [0.1, 0.15) is 31.1 Å². The number of halogens is 3. The van der Waals surface area contributed by atoms with Crippen LogP contribution in [0.4, 0.5) is 20.6 Å². The lowest BCUT2D eigenvalue weighted by molar-refractivity contribution is -0.119. The van der Waals surface area contributed by atoms with Crippen LogP contribution in [-0.2, 0) is 4.79 Å². The third-order valence-electron chi connectivity index (χ3n) is 6.53. The van der Waals surface area contributed by atoms with E-state index in [4.69, 9.17) is 23.2 Å². The van der Waals surface area contributed by atoms with E-state index in [2.05, 4.69) is 5.32 Å². The SMILES string of the molecule is CC(C)N(CC(=O)N1c2ccccc2-n2cccc2C1c1ccc(F)cc1)C(=O)Nc1ccc(Cl)c(Cl)c1. The Morgan fingerprint density at radius 1 is 0.947 bits per heavy atom. The van der Waals surface area contributed by atoms with Crippen molar-refractivity contribution >= 4 is 46.5 Å². The van der Waals surface area contributed by atoms with Crippen molar-refractivity contribution in [2.24, 2.45) is 0 Å². The monoisotopic (exact) mass is 550 g/mol. The summed E-state index contributed by atoms with van der Waals surface area (Å²) < 4.78 is 15.8. The van der Waals surface area contributed by atoms with E-state index in [1.807, 2.05) is 61.0 Å². The van der Waals surface area contributed by atoms with Gasteiger partial charge in [-0.15, -0.1) is 0 Å². The maximum Gasteiger partial charge on any atom is 0.322 e. The molecule has 3 aromatic carbocycles. The number of nitrogens with one attached hydrogen (secondary N) is 1. The Balaban J connectivity index is 1.50. The Kier molecular flexibility index (Phi) is 7.15. The summed E-state index contributed by atoms with van der Waals surface area (Å²) in [5, 5.41) is 3.49. The lowest BCUT2D eigenvalue weighted by atomic mass is 9.97. The van der Waals surface area contributed by atoms with Crippen molar-refractivity contribution in [1.82, 2.24) is 9.47 Å². The zero-order valence-corrected chi connectivity index (χ0v) is 22.2. The second-order valence-corrected chi connectivity index (χ2v) is 10.1. The van der Waals surface area contributed by atoms with Gasteiger partial charge in [0.1, 0.15) is 18.4 Å². The van der Waals surface area contributed by atoms with Gasteiger partial charge in [0.15, 0.2) is 0 Å². The quantitative estimate of drug-likeness (QED) is 0.283. The van der Waals surface area contributed by atoms with Crippen molar-refractivity contribution in [3.8, 4) is 5.69 Å². The summed E-state index contributed by atoms with van der Waals surface area (Å²) >= 11 is 12.1. The second kappa shape index (κ2) is 10.5. The van der Waals surface area contributed by atoms with Crippen LogP contribution in [-0.4, -0.2) is 34.0 Å². The number of hydrogen-bond acceptors (Lipinski definition) is 2. The molecule has 1 atom stereocenters. The number of nitrogens with zero attached hydrogens (tertiary/aromatic N) is 3. The summed E-state index contributed by atoms with van der Waals surface area (Å²) in [4.78, 5) is 30.5. The van der Waals surface area contributed by atoms with E-state index in [0.717, 1.165) is 16.9 Å². The number of amides is 3. The topological polar surface area (TPSA) is 57.6 Å². The molecule has 5 rings (SSSR count). The Labute approximate surface area is 230 Å². The first-order valence-corrected chi connectivity index (χ1v) is 12.9. The van der Waals surface area contributed by atoms with E-state index in [1.54, 1.807) is 35.2 Å². The minimum Gasteiger partial charge on any atom is -0.316 e.